The smallest absolute Gasteiger partial charge is 0.265 e. The number of nitrogens with one attached hydrogen (secondary N) is 1. The molecular weight excluding hydrogens is 396 g/mol. The molecular formula is C21H17F2N3O4. The SMILES string of the molecule is Cc1noc(C)c1CN1C(=O)COc2ccc(NC(=O)c3cc(F)ccc3F)cc21. The van der Waals surface area contributed by atoms with Crippen LogP contribution in [0.2, 0.25) is 0 Å². The number of carbonyl (C=O) groups is 2. The Kier molecular flexibility index (Phi) is 4.94. The minimum Gasteiger partial charge on any atom is -0.482 e. The number of hydrogen-bond donors (Lipinski definition) is 1. The van der Waals surface area contributed by atoms with Crippen LogP contribution >= 0.6 is 0 Å². The van der Waals surface area contributed by atoms with Gasteiger partial charge in [-0.25, -0.2) is 8.78 Å². The summed E-state index contributed by atoms with van der Waals surface area (Å²) in [6, 6.07) is 7.33. The lowest BCUT2D eigenvalue weighted by Crippen LogP contribution is -2.38. The van der Waals surface area contributed by atoms with Gasteiger partial charge in [0.05, 0.1) is 23.5 Å². The lowest BCUT2D eigenvalue weighted by atomic mass is 10.1. The molecule has 0 unspecified atom stereocenters. The molecule has 9 heteroatoms. The van der Waals surface area contributed by atoms with Crippen LogP contribution in [0.3, 0.4) is 0 Å². The number of rotatable bonds is 4. The van der Waals surface area contributed by atoms with Crippen LogP contribution in [0.25, 0.3) is 0 Å². The fraction of sp³-hybridized carbons (Fsp3) is 0.190. The molecule has 2 heterocycles. The van der Waals surface area contributed by atoms with E-state index in [9.17, 15) is 18.4 Å². The van der Waals surface area contributed by atoms with E-state index in [0.717, 1.165) is 23.8 Å². The zero-order valence-corrected chi connectivity index (χ0v) is 16.2. The van der Waals surface area contributed by atoms with E-state index in [1.165, 1.54) is 4.90 Å². The number of fused-ring (bicyclic) bond motifs is 1. The number of amides is 2. The first-order chi connectivity index (χ1) is 14.3. The number of anilines is 2. The number of hydrogen-bond acceptors (Lipinski definition) is 5. The molecule has 2 amide bonds. The van der Waals surface area contributed by atoms with Gasteiger partial charge >= 0.3 is 0 Å². The second kappa shape index (κ2) is 7.58. The van der Waals surface area contributed by atoms with Crippen LogP contribution in [-0.4, -0.2) is 23.6 Å². The van der Waals surface area contributed by atoms with Crippen molar-refractivity contribution in [1.29, 1.82) is 0 Å². The van der Waals surface area contributed by atoms with Crippen LogP contribution in [0.1, 0.15) is 27.4 Å². The third-order valence-electron chi connectivity index (χ3n) is 4.83. The summed E-state index contributed by atoms with van der Waals surface area (Å²) in [6.45, 7) is 3.62. The molecule has 1 aromatic heterocycles. The minimum absolute atomic E-state index is 0.128. The molecule has 1 aliphatic rings. The number of benzene rings is 2. The van der Waals surface area contributed by atoms with E-state index in [2.05, 4.69) is 10.5 Å². The topological polar surface area (TPSA) is 84.7 Å². The van der Waals surface area contributed by atoms with Gasteiger partial charge in [-0.3, -0.25) is 9.59 Å². The van der Waals surface area contributed by atoms with Gasteiger partial charge in [0.2, 0.25) is 0 Å². The lowest BCUT2D eigenvalue weighted by molar-refractivity contribution is -0.121. The molecule has 1 N–H and O–H groups in total. The number of ether oxygens (including phenoxy) is 1. The van der Waals surface area contributed by atoms with E-state index >= 15 is 0 Å². The first-order valence-corrected chi connectivity index (χ1v) is 9.09. The Labute approximate surface area is 170 Å². The fourth-order valence-electron chi connectivity index (χ4n) is 3.21. The van der Waals surface area contributed by atoms with Crippen molar-refractivity contribution in [3.05, 3.63) is 70.6 Å². The molecule has 0 atom stereocenters. The number of halogens is 2. The predicted molar refractivity (Wildman–Crippen MR) is 103 cm³/mol. The number of aryl methyl sites for hydroxylation is 2. The Hall–Kier alpha value is -3.75. The van der Waals surface area contributed by atoms with E-state index in [-0.39, 0.29) is 19.1 Å². The standard InChI is InChI=1S/C21H17F2N3O4/c1-11-16(12(2)30-25-11)9-26-18-8-14(4-6-19(18)29-10-20(26)27)24-21(28)15-7-13(22)3-5-17(15)23/h3-8H,9-10H2,1-2H3,(H,24,28). The Morgan fingerprint density at radius 3 is 2.73 bits per heavy atom. The van der Waals surface area contributed by atoms with Gasteiger partial charge in [-0.1, -0.05) is 5.16 Å². The van der Waals surface area contributed by atoms with Crippen molar-refractivity contribution in [3.63, 3.8) is 0 Å². The molecule has 3 aromatic rings. The zero-order chi connectivity index (χ0) is 21.4. The van der Waals surface area contributed by atoms with Crippen molar-refractivity contribution < 1.29 is 27.6 Å². The summed E-state index contributed by atoms with van der Waals surface area (Å²) >= 11 is 0. The highest BCUT2D eigenvalue weighted by Gasteiger charge is 2.28. The number of carbonyl (C=O) groups excluding carboxylic acids is 2. The van der Waals surface area contributed by atoms with E-state index in [1.807, 2.05) is 0 Å². The predicted octanol–water partition coefficient (Wildman–Crippen LogP) is 3.75. The summed E-state index contributed by atoms with van der Waals surface area (Å²) in [4.78, 5) is 26.4. The Morgan fingerprint density at radius 1 is 1.20 bits per heavy atom. The van der Waals surface area contributed by atoms with Crippen molar-refractivity contribution in [3.8, 4) is 5.75 Å². The second-order valence-electron chi connectivity index (χ2n) is 6.83. The molecule has 0 spiro atoms. The molecule has 0 saturated heterocycles. The monoisotopic (exact) mass is 413 g/mol. The summed E-state index contributed by atoms with van der Waals surface area (Å²) < 4.78 is 37.9. The van der Waals surface area contributed by atoms with Gasteiger partial charge in [0.1, 0.15) is 23.1 Å². The van der Waals surface area contributed by atoms with Gasteiger partial charge in [0.25, 0.3) is 11.8 Å². The second-order valence-corrected chi connectivity index (χ2v) is 6.83. The van der Waals surface area contributed by atoms with Crippen molar-refractivity contribution in [1.82, 2.24) is 5.16 Å². The molecule has 0 aliphatic carbocycles. The number of nitrogens with zero attached hydrogens (tertiary/aromatic N) is 2. The van der Waals surface area contributed by atoms with E-state index < -0.39 is 23.1 Å². The van der Waals surface area contributed by atoms with Gasteiger partial charge in [-0.15, -0.1) is 0 Å². The average Bonchev–Trinajstić information content (AvgIpc) is 3.03. The van der Waals surface area contributed by atoms with E-state index in [1.54, 1.807) is 32.0 Å². The van der Waals surface area contributed by atoms with Crippen molar-refractivity contribution in [2.45, 2.75) is 20.4 Å². The van der Waals surface area contributed by atoms with Crippen LogP contribution in [0.4, 0.5) is 20.2 Å². The fourth-order valence-corrected chi connectivity index (χ4v) is 3.21. The zero-order valence-electron chi connectivity index (χ0n) is 16.2. The summed E-state index contributed by atoms with van der Waals surface area (Å²) in [6.07, 6.45) is 0. The van der Waals surface area contributed by atoms with Crippen molar-refractivity contribution >= 4 is 23.2 Å². The first-order valence-electron chi connectivity index (χ1n) is 9.09. The van der Waals surface area contributed by atoms with Gasteiger partial charge < -0.3 is 19.5 Å². The van der Waals surface area contributed by atoms with Crippen LogP contribution in [0, 0.1) is 25.5 Å². The Bertz CT molecular complexity index is 1140. The van der Waals surface area contributed by atoms with Gasteiger partial charge in [0.15, 0.2) is 6.61 Å². The molecule has 0 fully saturated rings. The molecule has 154 valence electrons. The maximum Gasteiger partial charge on any atom is 0.265 e. The normalized spacial score (nSPS) is 13.1. The molecule has 0 saturated carbocycles. The molecule has 0 bridgehead atoms. The quantitative estimate of drug-likeness (QED) is 0.704. The van der Waals surface area contributed by atoms with Gasteiger partial charge in [-0.05, 0) is 50.2 Å². The summed E-state index contributed by atoms with van der Waals surface area (Å²) in [7, 11) is 0. The molecule has 1 aliphatic heterocycles. The first kappa shape index (κ1) is 19.6. The highest BCUT2D eigenvalue weighted by atomic mass is 19.1. The third-order valence-corrected chi connectivity index (χ3v) is 4.83. The van der Waals surface area contributed by atoms with E-state index in [0.29, 0.717) is 28.6 Å². The molecule has 7 nitrogen and oxygen atoms in total. The van der Waals surface area contributed by atoms with Gasteiger partial charge in [0, 0.05) is 11.3 Å². The van der Waals surface area contributed by atoms with Crippen LogP contribution in [0.15, 0.2) is 40.9 Å². The highest BCUT2D eigenvalue weighted by Crippen LogP contribution is 2.36. The van der Waals surface area contributed by atoms with Crippen LogP contribution in [-0.2, 0) is 11.3 Å². The summed E-state index contributed by atoms with van der Waals surface area (Å²) in [5.74, 6) is -1.60. The van der Waals surface area contributed by atoms with E-state index in [4.69, 9.17) is 9.26 Å². The summed E-state index contributed by atoms with van der Waals surface area (Å²) in [5, 5.41) is 6.42. The maximum atomic E-state index is 13.9. The third kappa shape index (κ3) is 3.61. The lowest BCUT2D eigenvalue weighted by Gasteiger charge is -2.29. The minimum atomic E-state index is -0.842. The average molecular weight is 413 g/mol. The molecule has 2 aromatic carbocycles. The molecule has 30 heavy (non-hydrogen) atoms. The Morgan fingerprint density at radius 2 is 2.00 bits per heavy atom. The highest BCUT2D eigenvalue weighted by molar-refractivity contribution is 6.05. The molecule has 4 rings (SSSR count). The Balaban J connectivity index is 1.64. The molecule has 0 radical (unpaired) electrons. The van der Waals surface area contributed by atoms with Gasteiger partial charge in [-0.2, -0.15) is 0 Å². The number of aromatic nitrogens is 1. The van der Waals surface area contributed by atoms with Crippen molar-refractivity contribution in [2.24, 2.45) is 0 Å². The largest absolute Gasteiger partial charge is 0.482 e. The maximum absolute atomic E-state index is 13.9. The summed E-state index contributed by atoms with van der Waals surface area (Å²) in [5.41, 5.74) is 1.74. The van der Waals surface area contributed by atoms with Crippen LogP contribution in [0.5, 0.6) is 5.75 Å². The van der Waals surface area contributed by atoms with Crippen LogP contribution < -0.4 is 15.0 Å². The van der Waals surface area contributed by atoms with Crippen molar-refractivity contribution in [2.75, 3.05) is 16.8 Å².